The van der Waals surface area contributed by atoms with Crippen molar-refractivity contribution < 1.29 is 13.9 Å². The van der Waals surface area contributed by atoms with Crippen LogP contribution in [0.15, 0.2) is 60.7 Å². The van der Waals surface area contributed by atoms with Gasteiger partial charge in [-0.1, -0.05) is 60.7 Å². The van der Waals surface area contributed by atoms with E-state index in [1.54, 1.807) is 42.5 Å². The molecule has 2 N–H and O–H groups in total. The molecule has 0 radical (unpaired) electrons. The Labute approximate surface area is 117 Å². The molecule has 1 atom stereocenters. The standard InChI is InChI=1S/C16H17F2NO/c17-16(18,14-9-5-2-6-10-14)12-19-11-15(20)13-7-3-1-4-8-13/h1-10,15,19-20H,11-12H2. The van der Waals surface area contributed by atoms with Crippen molar-refractivity contribution in [3.8, 4) is 0 Å². The quantitative estimate of drug-likeness (QED) is 0.850. The minimum atomic E-state index is -2.95. The molecule has 0 aliphatic heterocycles. The summed E-state index contributed by atoms with van der Waals surface area (Å²) in [5.74, 6) is -2.95. The highest BCUT2D eigenvalue weighted by Gasteiger charge is 2.30. The maximum Gasteiger partial charge on any atom is 0.285 e. The van der Waals surface area contributed by atoms with Crippen molar-refractivity contribution in [2.75, 3.05) is 13.1 Å². The van der Waals surface area contributed by atoms with Gasteiger partial charge in [-0.15, -0.1) is 0 Å². The first-order chi connectivity index (χ1) is 9.59. The number of halogens is 2. The minimum Gasteiger partial charge on any atom is -0.387 e. The molecule has 20 heavy (non-hydrogen) atoms. The Hall–Kier alpha value is -1.78. The molecule has 4 heteroatoms. The van der Waals surface area contributed by atoms with Crippen LogP contribution in [0.1, 0.15) is 17.2 Å². The van der Waals surface area contributed by atoms with Crippen molar-refractivity contribution in [3.63, 3.8) is 0 Å². The van der Waals surface area contributed by atoms with Crippen LogP contribution < -0.4 is 5.32 Å². The number of benzene rings is 2. The molecule has 2 aromatic rings. The third kappa shape index (κ3) is 3.85. The molecule has 0 saturated carbocycles. The van der Waals surface area contributed by atoms with Gasteiger partial charge in [0.15, 0.2) is 0 Å². The highest BCUT2D eigenvalue weighted by atomic mass is 19.3. The fraction of sp³-hybridized carbons (Fsp3) is 0.250. The minimum absolute atomic E-state index is 0.0262. The molecule has 1 unspecified atom stereocenters. The highest BCUT2D eigenvalue weighted by molar-refractivity contribution is 5.20. The van der Waals surface area contributed by atoms with E-state index in [4.69, 9.17) is 0 Å². The molecule has 0 spiro atoms. The van der Waals surface area contributed by atoms with Gasteiger partial charge in [0.2, 0.25) is 0 Å². The van der Waals surface area contributed by atoms with Gasteiger partial charge in [0.25, 0.3) is 5.92 Å². The number of aliphatic hydroxyl groups excluding tert-OH is 1. The van der Waals surface area contributed by atoms with Gasteiger partial charge in [-0.05, 0) is 5.56 Å². The van der Waals surface area contributed by atoms with Crippen LogP contribution in [0.4, 0.5) is 8.78 Å². The lowest BCUT2D eigenvalue weighted by atomic mass is 10.1. The van der Waals surface area contributed by atoms with E-state index < -0.39 is 18.6 Å². The van der Waals surface area contributed by atoms with Crippen LogP contribution in [-0.2, 0) is 5.92 Å². The summed E-state index contributed by atoms with van der Waals surface area (Å²) in [7, 11) is 0. The van der Waals surface area contributed by atoms with Crippen LogP contribution >= 0.6 is 0 Å². The molecule has 0 aliphatic rings. The fourth-order valence-corrected chi connectivity index (χ4v) is 1.94. The van der Waals surface area contributed by atoms with Crippen molar-refractivity contribution in [1.82, 2.24) is 5.32 Å². The first-order valence-corrected chi connectivity index (χ1v) is 6.47. The Morgan fingerprint density at radius 2 is 1.50 bits per heavy atom. The van der Waals surface area contributed by atoms with Gasteiger partial charge in [0.1, 0.15) is 0 Å². The zero-order valence-corrected chi connectivity index (χ0v) is 11.0. The summed E-state index contributed by atoms with van der Waals surface area (Å²) < 4.78 is 27.7. The van der Waals surface area contributed by atoms with E-state index in [1.165, 1.54) is 12.1 Å². The second kappa shape index (κ2) is 6.59. The maximum absolute atomic E-state index is 13.9. The molecule has 0 saturated heterocycles. The topological polar surface area (TPSA) is 32.3 Å². The lowest BCUT2D eigenvalue weighted by Gasteiger charge is -2.19. The molecule has 2 rings (SSSR count). The van der Waals surface area contributed by atoms with E-state index in [-0.39, 0.29) is 12.1 Å². The van der Waals surface area contributed by atoms with Gasteiger partial charge in [-0.3, -0.25) is 0 Å². The smallest absolute Gasteiger partial charge is 0.285 e. The first kappa shape index (κ1) is 14.6. The normalized spacial score (nSPS) is 13.2. The number of hydrogen-bond acceptors (Lipinski definition) is 2. The largest absolute Gasteiger partial charge is 0.387 e. The summed E-state index contributed by atoms with van der Waals surface area (Å²) in [6.45, 7) is -0.409. The predicted octanol–water partition coefficient (Wildman–Crippen LogP) is 3.10. The van der Waals surface area contributed by atoms with Crippen LogP contribution in [0.25, 0.3) is 0 Å². The molecular formula is C16H17F2NO. The monoisotopic (exact) mass is 277 g/mol. The van der Waals surface area contributed by atoms with E-state index in [1.807, 2.05) is 6.07 Å². The van der Waals surface area contributed by atoms with Gasteiger partial charge in [0, 0.05) is 12.1 Å². The van der Waals surface area contributed by atoms with Gasteiger partial charge in [0.05, 0.1) is 12.6 Å². The van der Waals surface area contributed by atoms with E-state index in [0.717, 1.165) is 0 Å². The lowest BCUT2D eigenvalue weighted by molar-refractivity contribution is -0.00560. The second-order valence-electron chi connectivity index (χ2n) is 4.63. The molecule has 0 amide bonds. The number of aliphatic hydroxyl groups is 1. The van der Waals surface area contributed by atoms with Crippen molar-refractivity contribution in [2.45, 2.75) is 12.0 Å². The van der Waals surface area contributed by atoms with E-state index in [2.05, 4.69) is 5.32 Å². The van der Waals surface area contributed by atoms with Gasteiger partial charge in [-0.2, -0.15) is 8.78 Å². The molecule has 2 aromatic carbocycles. The van der Waals surface area contributed by atoms with Crippen LogP contribution in [0.5, 0.6) is 0 Å². The predicted molar refractivity (Wildman–Crippen MR) is 74.6 cm³/mol. The number of rotatable bonds is 6. The Kier molecular flexibility index (Phi) is 4.82. The SMILES string of the molecule is OC(CNCC(F)(F)c1ccccc1)c1ccccc1. The van der Waals surface area contributed by atoms with E-state index in [0.29, 0.717) is 5.56 Å². The zero-order valence-electron chi connectivity index (χ0n) is 11.0. The first-order valence-electron chi connectivity index (χ1n) is 6.47. The Morgan fingerprint density at radius 1 is 0.950 bits per heavy atom. The average molecular weight is 277 g/mol. The van der Waals surface area contributed by atoms with Crippen molar-refractivity contribution >= 4 is 0 Å². The van der Waals surface area contributed by atoms with E-state index >= 15 is 0 Å². The lowest BCUT2D eigenvalue weighted by Crippen LogP contribution is -2.33. The molecule has 0 aromatic heterocycles. The van der Waals surface area contributed by atoms with Crippen LogP contribution in [0.3, 0.4) is 0 Å². The van der Waals surface area contributed by atoms with Crippen molar-refractivity contribution in [1.29, 1.82) is 0 Å². The fourth-order valence-electron chi connectivity index (χ4n) is 1.94. The number of hydrogen-bond donors (Lipinski definition) is 2. The molecule has 0 aliphatic carbocycles. The highest BCUT2D eigenvalue weighted by Crippen LogP contribution is 2.26. The van der Waals surface area contributed by atoms with Crippen molar-refractivity contribution in [3.05, 3.63) is 71.8 Å². The molecule has 0 fully saturated rings. The summed E-state index contributed by atoms with van der Waals surface area (Å²) in [4.78, 5) is 0. The van der Waals surface area contributed by atoms with Crippen LogP contribution in [0.2, 0.25) is 0 Å². The summed E-state index contributed by atoms with van der Waals surface area (Å²) in [6.07, 6.45) is -0.789. The summed E-state index contributed by atoms with van der Waals surface area (Å²) >= 11 is 0. The van der Waals surface area contributed by atoms with Crippen LogP contribution in [0, 0.1) is 0 Å². The molecule has 2 nitrogen and oxygen atoms in total. The summed E-state index contributed by atoms with van der Waals surface area (Å²) in [6, 6.07) is 16.6. The third-order valence-electron chi connectivity index (χ3n) is 3.07. The van der Waals surface area contributed by atoms with Gasteiger partial charge < -0.3 is 10.4 Å². The number of nitrogens with one attached hydrogen (secondary N) is 1. The Balaban J connectivity index is 1.87. The zero-order chi connectivity index (χ0) is 14.4. The molecule has 106 valence electrons. The summed E-state index contributed by atoms with van der Waals surface area (Å²) in [5, 5.41) is 12.5. The number of alkyl halides is 2. The third-order valence-corrected chi connectivity index (χ3v) is 3.07. The molecule has 0 heterocycles. The second-order valence-corrected chi connectivity index (χ2v) is 4.63. The van der Waals surface area contributed by atoms with E-state index in [9.17, 15) is 13.9 Å². The summed E-state index contributed by atoms with van der Waals surface area (Å²) in [5.41, 5.74) is 0.685. The van der Waals surface area contributed by atoms with Gasteiger partial charge >= 0.3 is 0 Å². The Bertz CT molecular complexity index is 517. The maximum atomic E-state index is 13.9. The molecular weight excluding hydrogens is 260 g/mol. The molecule has 0 bridgehead atoms. The van der Waals surface area contributed by atoms with Crippen LogP contribution in [-0.4, -0.2) is 18.2 Å². The Morgan fingerprint density at radius 3 is 2.10 bits per heavy atom. The van der Waals surface area contributed by atoms with Gasteiger partial charge in [-0.25, -0.2) is 0 Å². The average Bonchev–Trinajstić information content (AvgIpc) is 2.49. The van der Waals surface area contributed by atoms with Crippen molar-refractivity contribution in [2.24, 2.45) is 0 Å².